The molecule has 0 fully saturated rings. The lowest BCUT2D eigenvalue weighted by atomic mass is 10.3. The van der Waals surface area contributed by atoms with E-state index in [2.05, 4.69) is 21.6 Å². The van der Waals surface area contributed by atoms with Crippen LogP contribution in [0.15, 0.2) is 28.3 Å². The molecule has 2 unspecified atom stereocenters. The highest BCUT2D eigenvalue weighted by Gasteiger charge is 2.10. The fourth-order valence-corrected chi connectivity index (χ4v) is 2.87. The fraction of sp³-hybridized carbons (Fsp3) is 0.364. The molecule has 6 nitrogen and oxygen atoms in total. The molecule has 0 bridgehead atoms. The number of fused-ring (bicyclic) bond motifs is 1. The maximum absolute atomic E-state index is 12.0. The third kappa shape index (κ3) is 3.47. The zero-order valence-electron chi connectivity index (χ0n) is 10.4. The average Bonchev–Trinajstić information content (AvgIpc) is 2.81. The van der Waals surface area contributed by atoms with E-state index in [1.165, 1.54) is 0 Å². The maximum atomic E-state index is 12.0. The van der Waals surface area contributed by atoms with E-state index in [0.29, 0.717) is 22.5 Å². The van der Waals surface area contributed by atoms with E-state index in [-0.39, 0.29) is 5.16 Å². The molecule has 19 heavy (non-hydrogen) atoms. The minimum atomic E-state index is -2.14. The molecule has 0 radical (unpaired) electrons. The van der Waals surface area contributed by atoms with Crippen LogP contribution in [-0.4, -0.2) is 29.5 Å². The van der Waals surface area contributed by atoms with Gasteiger partial charge in [-0.15, -0.1) is 0 Å². The summed E-state index contributed by atoms with van der Waals surface area (Å²) in [7, 11) is -1.28. The molecule has 104 valence electrons. The van der Waals surface area contributed by atoms with Gasteiger partial charge >= 0.3 is 0 Å². The second kappa shape index (κ2) is 6.38. The quantitative estimate of drug-likeness (QED) is 0.557. The van der Waals surface area contributed by atoms with E-state index >= 15 is 0 Å². The van der Waals surface area contributed by atoms with Crippen molar-refractivity contribution in [3.63, 3.8) is 0 Å². The molecule has 2 aromatic rings. The van der Waals surface area contributed by atoms with Crippen molar-refractivity contribution in [1.29, 1.82) is 0 Å². The van der Waals surface area contributed by atoms with Crippen LogP contribution in [0.3, 0.4) is 0 Å². The molecule has 0 aliphatic heterocycles. The Hall–Kier alpha value is -1.09. The molecule has 0 aliphatic rings. The first-order valence-electron chi connectivity index (χ1n) is 5.87. The number of rotatable bonds is 6. The van der Waals surface area contributed by atoms with Gasteiger partial charge in [-0.05, 0) is 24.6 Å². The molecule has 2 atom stereocenters. The topological polar surface area (TPSA) is 95.1 Å². The van der Waals surface area contributed by atoms with Crippen LogP contribution < -0.4 is 4.72 Å². The van der Waals surface area contributed by atoms with Gasteiger partial charge in [-0.2, -0.15) is 0 Å². The number of hydrogen-bond donors (Lipinski definition) is 3. The van der Waals surface area contributed by atoms with Crippen LogP contribution in [0, 0.1) is 0 Å². The highest BCUT2D eigenvalue weighted by molar-refractivity contribution is 7.83. The van der Waals surface area contributed by atoms with Gasteiger partial charge in [-0.3, -0.25) is 4.55 Å². The maximum Gasteiger partial charge on any atom is 0.225 e. The number of aromatic amines is 1. The van der Waals surface area contributed by atoms with E-state index in [0.717, 1.165) is 12.8 Å². The Bertz CT molecular complexity index is 627. The standard InChI is InChI=1S/C11H15N3O3S2/c1-2-3-6-12-18(15)8-4-5-9-10(7-8)14-11(13-9)19(16)17/h4-5,7,12H,2-3,6H2,1H3,(H,13,14)(H,16,17). The number of aromatic nitrogens is 2. The molecule has 1 aromatic heterocycles. The zero-order chi connectivity index (χ0) is 13.8. The van der Waals surface area contributed by atoms with E-state index in [9.17, 15) is 8.42 Å². The smallest absolute Gasteiger partial charge is 0.225 e. The molecule has 2 rings (SSSR count). The van der Waals surface area contributed by atoms with Gasteiger partial charge in [0.2, 0.25) is 16.2 Å². The van der Waals surface area contributed by atoms with Crippen molar-refractivity contribution < 1.29 is 13.0 Å². The molecule has 0 saturated heterocycles. The molecule has 1 aromatic carbocycles. The summed E-state index contributed by atoms with van der Waals surface area (Å²) in [4.78, 5) is 7.31. The minimum absolute atomic E-state index is 0.00289. The number of benzene rings is 1. The number of H-pyrrole nitrogens is 1. The summed E-state index contributed by atoms with van der Waals surface area (Å²) in [5, 5.41) is -0.00289. The van der Waals surface area contributed by atoms with Crippen LogP contribution in [0.2, 0.25) is 0 Å². The normalized spacial score (nSPS) is 14.6. The molecule has 1 heterocycles. The number of hydrogen-bond acceptors (Lipinski definition) is 3. The highest BCUT2D eigenvalue weighted by atomic mass is 32.2. The van der Waals surface area contributed by atoms with Crippen molar-refractivity contribution in [2.24, 2.45) is 0 Å². The number of unbranched alkanes of at least 4 members (excludes halogenated alkanes) is 1. The Kier molecular flexibility index (Phi) is 4.81. The highest BCUT2D eigenvalue weighted by Crippen LogP contribution is 2.16. The Labute approximate surface area is 115 Å². The van der Waals surface area contributed by atoms with E-state index < -0.39 is 22.1 Å². The SMILES string of the molecule is CCCCNS(=O)c1ccc2nc(S(=O)O)[nH]c2c1. The van der Waals surface area contributed by atoms with Gasteiger partial charge in [-0.1, -0.05) is 13.3 Å². The summed E-state index contributed by atoms with van der Waals surface area (Å²) in [5.74, 6) is 0. The minimum Gasteiger partial charge on any atom is -0.329 e. The molecule has 0 amide bonds. The van der Waals surface area contributed by atoms with Crippen LogP contribution in [0.4, 0.5) is 0 Å². The van der Waals surface area contributed by atoms with Crippen LogP contribution in [0.5, 0.6) is 0 Å². The Morgan fingerprint density at radius 2 is 2.21 bits per heavy atom. The predicted octanol–water partition coefficient (Wildman–Crippen LogP) is 1.56. The lowest BCUT2D eigenvalue weighted by molar-refractivity contribution is 0.557. The van der Waals surface area contributed by atoms with Crippen molar-refractivity contribution in [1.82, 2.24) is 14.7 Å². The van der Waals surface area contributed by atoms with Crippen molar-refractivity contribution in [3.8, 4) is 0 Å². The second-order valence-electron chi connectivity index (χ2n) is 3.99. The number of imidazole rings is 1. The third-order valence-electron chi connectivity index (χ3n) is 2.57. The van der Waals surface area contributed by atoms with Crippen LogP contribution in [0.1, 0.15) is 19.8 Å². The van der Waals surface area contributed by atoms with Crippen molar-refractivity contribution in [3.05, 3.63) is 18.2 Å². The molecule has 0 saturated carbocycles. The molecule has 0 aliphatic carbocycles. The van der Waals surface area contributed by atoms with Gasteiger partial charge in [0.1, 0.15) is 11.0 Å². The van der Waals surface area contributed by atoms with Crippen molar-refractivity contribution >= 4 is 33.1 Å². The first-order valence-corrected chi connectivity index (χ1v) is 8.13. The van der Waals surface area contributed by atoms with Crippen LogP contribution in [-0.2, 0) is 22.1 Å². The Morgan fingerprint density at radius 3 is 2.89 bits per heavy atom. The zero-order valence-corrected chi connectivity index (χ0v) is 12.0. The Morgan fingerprint density at radius 1 is 1.42 bits per heavy atom. The number of nitrogens with zero attached hydrogens (tertiary/aromatic N) is 1. The summed E-state index contributed by atoms with van der Waals surface area (Å²) < 4.78 is 34.7. The monoisotopic (exact) mass is 301 g/mol. The first-order chi connectivity index (χ1) is 9.11. The van der Waals surface area contributed by atoms with Gasteiger partial charge in [0, 0.05) is 6.54 Å². The van der Waals surface area contributed by atoms with Gasteiger partial charge in [-0.25, -0.2) is 18.1 Å². The van der Waals surface area contributed by atoms with Gasteiger partial charge in [0.15, 0.2) is 0 Å². The first kappa shape index (κ1) is 14.3. The summed E-state index contributed by atoms with van der Waals surface area (Å²) in [6, 6.07) is 5.05. The van der Waals surface area contributed by atoms with Crippen molar-refractivity contribution in [2.75, 3.05) is 6.54 Å². The van der Waals surface area contributed by atoms with E-state index in [4.69, 9.17) is 4.55 Å². The Balaban J connectivity index is 2.21. The van der Waals surface area contributed by atoms with Crippen LogP contribution in [0.25, 0.3) is 11.0 Å². The summed E-state index contributed by atoms with van der Waals surface area (Å²) in [6.45, 7) is 2.76. The van der Waals surface area contributed by atoms with E-state index in [1.54, 1.807) is 18.2 Å². The largest absolute Gasteiger partial charge is 0.329 e. The average molecular weight is 301 g/mol. The molecular formula is C11H15N3O3S2. The summed E-state index contributed by atoms with van der Waals surface area (Å²) >= 11 is -2.14. The predicted molar refractivity (Wildman–Crippen MR) is 74.5 cm³/mol. The van der Waals surface area contributed by atoms with Gasteiger partial charge in [0.25, 0.3) is 0 Å². The summed E-state index contributed by atoms with van der Waals surface area (Å²) in [6.07, 6.45) is 2.00. The fourth-order valence-electron chi connectivity index (χ4n) is 1.59. The van der Waals surface area contributed by atoms with Crippen LogP contribution >= 0.6 is 0 Å². The molecule has 3 N–H and O–H groups in total. The van der Waals surface area contributed by atoms with Gasteiger partial charge < -0.3 is 4.98 Å². The molecular weight excluding hydrogens is 286 g/mol. The van der Waals surface area contributed by atoms with E-state index in [1.807, 2.05) is 0 Å². The molecule has 0 spiro atoms. The third-order valence-corrected chi connectivity index (χ3v) is 4.25. The molecule has 8 heteroatoms. The van der Waals surface area contributed by atoms with Gasteiger partial charge in [0.05, 0.1) is 15.9 Å². The van der Waals surface area contributed by atoms with Crippen molar-refractivity contribution in [2.45, 2.75) is 29.8 Å². The summed E-state index contributed by atoms with van der Waals surface area (Å²) in [5.41, 5.74) is 1.17. The lowest BCUT2D eigenvalue weighted by Crippen LogP contribution is -2.18. The number of nitrogens with one attached hydrogen (secondary N) is 2. The lowest BCUT2D eigenvalue weighted by Gasteiger charge is -2.03. The second-order valence-corrected chi connectivity index (χ2v) is 6.17.